The van der Waals surface area contributed by atoms with Crippen LogP contribution < -0.4 is 19.5 Å². The van der Waals surface area contributed by atoms with Crippen LogP contribution in [0.2, 0.25) is 5.02 Å². The number of fused-ring (bicyclic) bond motifs is 1. The number of nitrogens with one attached hydrogen (secondary N) is 1. The monoisotopic (exact) mass is 548 g/mol. The molecule has 204 valence electrons. The zero-order valence-electron chi connectivity index (χ0n) is 22.5. The summed E-state index contributed by atoms with van der Waals surface area (Å²) in [5.74, 6) is 1.81. The lowest BCUT2D eigenvalue weighted by atomic mass is 10.1. The lowest BCUT2D eigenvalue weighted by Gasteiger charge is -2.10. The number of nitrogens with zero attached hydrogens (tertiary/aromatic N) is 1. The molecule has 1 amide bonds. The molecule has 1 heterocycles. The third-order valence-corrected chi connectivity index (χ3v) is 6.71. The molecule has 1 N–H and O–H groups in total. The second-order valence-corrected chi connectivity index (χ2v) is 9.58. The molecule has 1 aromatic heterocycles. The predicted octanol–water partition coefficient (Wildman–Crippen LogP) is 6.22. The number of hydrogen-bond acceptors (Lipinski definition) is 5. The van der Waals surface area contributed by atoms with E-state index in [0.29, 0.717) is 53.1 Å². The van der Waals surface area contributed by atoms with Crippen LogP contribution >= 0.6 is 11.6 Å². The number of halogens is 1. The molecule has 8 heteroatoms. The predicted molar refractivity (Wildman–Crippen MR) is 153 cm³/mol. The van der Waals surface area contributed by atoms with E-state index in [2.05, 4.69) is 12.2 Å². The van der Waals surface area contributed by atoms with E-state index in [1.165, 1.54) is 0 Å². The standard InChI is InChI=1S/C31H33ClN2O5/c1-4-5-17-38-24-10-12-25(13-11-24)39-18-16-33-30(35)20-27-21(2)34(29-15-14-26(37-3)19-28(27)29)31(36)22-6-8-23(32)9-7-22/h6-15,19H,4-5,16-18,20H2,1-3H3,(H,33,35). The van der Waals surface area contributed by atoms with Gasteiger partial charge in [0.15, 0.2) is 0 Å². The fourth-order valence-electron chi connectivity index (χ4n) is 4.34. The van der Waals surface area contributed by atoms with Crippen LogP contribution in [0.4, 0.5) is 0 Å². The van der Waals surface area contributed by atoms with Crippen LogP contribution in [-0.4, -0.2) is 43.2 Å². The number of aromatic nitrogens is 1. The van der Waals surface area contributed by atoms with E-state index >= 15 is 0 Å². The molecule has 0 saturated heterocycles. The summed E-state index contributed by atoms with van der Waals surface area (Å²) in [6.45, 7) is 5.34. The van der Waals surface area contributed by atoms with Crippen molar-refractivity contribution in [2.75, 3.05) is 26.9 Å². The Kier molecular flexibility index (Phi) is 9.49. The minimum Gasteiger partial charge on any atom is -0.497 e. The molecule has 0 spiro atoms. The molecule has 4 rings (SSSR count). The molecule has 0 fully saturated rings. The maximum atomic E-state index is 13.4. The summed E-state index contributed by atoms with van der Waals surface area (Å²) in [6.07, 6.45) is 2.22. The molecule has 0 aliphatic rings. The Balaban J connectivity index is 1.42. The van der Waals surface area contributed by atoms with Gasteiger partial charge in [-0.3, -0.25) is 14.2 Å². The molecule has 0 aliphatic heterocycles. The molecular weight excluding hydrogens is 516 g/mol. The molecular formula is C31H33ClN2O5. The second-order valence-electron chi connectivity index (χ2n) is 9.14. The molecule has 0 radical (unpaired) electrons. The van der Waals surface area contributed by atoms with Crippen LogP contribution in [0.5, 0.6) is 17.2 Å². The van der Waals surface area contributed by atoms with E-state index in [1.54, 1.807) is 42.0 Å². The smallest absolute Gasteiger partial charge is 0.262 e. The Morgan fingerprint density at radius 3 is 2.18 bits per heavy atom. The zero-order chi connectivity index (χ0) is 27.8. The van der Waals surface area contributed by atoms with Crippen LogP contribution in [0.15, 0.2) is 66.7 Å². The maximum Gasteiger partial charge on any atom is 0.262 e. The average Bonchev–Trinajstić information content (AvgIpc) is 3.22. The maximum absolute atomic E-state index is 13.4. The SMILES string of the molecule is CCCCOc1ccc(OCCNC(=O)Cc2c(C)n(C(=O)c3ccc(Cl)cc3)c3ccc(OC)cc23)cc1. The molecule has 0 saturated carbocycles. The van der Waals surface area contributed by atoms with Crippen molar-refractivity contribution in [1.82, 2.24) is 9.88 Å². The Bertz CT molecular complexity index is 1430. The summed E-state index contributed by atoms with van der Waals surface area (Å²) in [7, 11) is 1.59. The van der Waals surface area contributed by atoms with Crippen LogP contribution in [0.3, 0.4) is 0 Å². The van der Waals surface area contributed by atoms with E-state index in [4.69, 9.17) is 25.8 Å². The molecule has 0 bridgehead atoms. The fourth-order valence-corrected chi connectivity index (χ4v) is 4.47. The molecule has 3 aromatic carbocycles. The Morgan fingerprint density at radius 1 is 0.897 bits per heavy atom. The second kappa shape index (κ2) is 13.2. The van der Waals surface area contributed by atoms with Crippen molar-refractivity contribution in [3.05, 3.63) is 88.6 Å². The number of amides is 1. The van der Waals surface area contributed by atoms with Crippen molar-refractivity contribution in [1.29, 1.82) is 0 Å². The summed E-state index contributed by atoms with van der Waals surface area (Å²) in [5, 5.41) is 4.26. The zero-order valence-corrected chi connectivity index (χ0v) is 23.2. The lowest BCUT2D eigenvalue weighted by molar-refractivity contribution is -0.120. The fraction of sp³-hybridized carbons (Fsp3) is 0.290. The van der Waals surface area contributed by atoms with Gasteiger partial charge in [0, 0.05) is 21.7 Å². The Hall–Kier alpha value is -3.97. The normalized spacial score (nSPS) is 10.9. The van der Waals surface area contributed by atoms with Crippen LogP contribution in [-0.2, 0) is 11.2 Å². The number of hydrogen-bond donors (Lipinski definition) is 1. The van der Waals surface area contributed by atoms with Crippen LogP contribution in [0, 0.1) is 6.92 Å². The highest BCUT2D eigenvalue weighted by Crippen LogP contribution is 2.31. The van der Waals surface area contributed by atoms with Crippen molar-refractivity contribution in [2.45, 2.75) is 33.1 Å². The molecule has 7 nitrogen and oxygen atoms in total. The Morgan fingerprint density at radius 2 is 1.54 bits per heavy atom. The molecule has 0 atom stereocenters. The van der Waals surface area contributed by atoms with Gasteiger partial charge in [-0.25, -0.2) is 0 Å². The van der Waals surface area contributed by atoms with E-state index in [-0.39, 0.29) is 18.2 Å². The number of carbonyl (C=O) groups is 2. The summed E-state index contributed by atoms with van der Waals surface area (Å²) < 4.78 is 18.5. The Labute approximate surface area is 233 Å². The van der Waals surface area contributed by atoms with Crippen molar-refractivity contribution in [2.24, 2.45) is 0 Å². The van der Waals surface area contributed by atoms with Crippen molar-refractivity contribution in [3.8, 4) is 17.2 Å². The van der Waals surface area contributed by atoms with Gasteiger partial charge < -0.3 is 19.5 Å². The van der Waals surface area contributed by atoms with Gasteiger partial charge in [0.25, 0.3) is 5.91 Å². The van der Waals surface area contributed by atoms with E-state index in [0.717, 1.165) is 29.5 Å². The first-order valence-electron chi connectivity index (χ1n) is 13.0. The van der Waals surface area contributed by atoms with E-state index in [1.807, 2.05) is 43.3 Å². The summed E-state index contributed by atoms with van der Waals surface area (Å²) >= 11 is 6.01. The van der Waals surface area contributed by atoms with Gasteiger partial charge in [-0.05, 0) is 85.6 Å². The van der Waals surface area contributed by atoms with Crippen molar-refractivity contribution >= 4 is 34.3 Å². The molecule has 0 aliphatic carbocycles. The van der Waals surface area contributed by atoms with Crippen LogP contribution in [0.1, 0.15) is 41.4 Å². The van der Waals surface area contributed by atoms with Crippen molar-refractivity contribution < 1.29 is 23.8 Å². The summed E-state index contributed by atoms with van der Waals surface area (Å²) in [6, 6.07) is 19.7. The first-order chi connectivity index (χ1) is 18.9. The first kappa shape index (κ1) is 28.0. The van der Waals surface area contributed by atoms with Gasteiger partial charge in [-0.15, -0.1) is 0 Å². The number of methoxy groups -OCH3 is 1. The molecule has 0 unspecified atom stereocenters. The average molecular weight is 549 g/mol. The van der Waals surface area contributed by atoms with Gasteiger partial charge in [0.2, 0.25) is 5.91 Å². The minimum absolute atomic E-state index is 0.111. The van der Waals surface area contributed by atoms with Gasteiger partial charge in [0.05, 0.1) is 32.2 Å². The van der Waals surface area contributed by atoms with Crippen molar-refractivity contribution in [3.63, 3.8) is 0 Å². The minimum atomic E-state index is -0.193. The number of benzene rings is 3. The van der Waals surface area contributed by atoms with Gasteiger partial charge in [0.1, 0.15) is 23.9 Å². The third-order valence-electron chi connectivity index (χ3n) is 6.46. The van der Waals surface area contributed by atoms with Gasteiger partial charge in [-0.1, -0.05) is 24.9 Å². The number of ether oxygens (including phenoxy) is 3. The van der Waals surface area contributed by atoms with E-state index < -0.39 is 0 Å². The molecule has 39 heavy (non-hydrogen) atoms. The highest BCUT2D eigenvalue weighted by atomic mass is 35.5. The number of unbranched alkanes of at least 4 members (excludes halogenated alkanes) is 1. The van der Waals surface area contributed by atoms with Crippen LogP contribution in [0.25, 0.3) is 10.9 Å². The van der Waals surface area contributed by atoms with E-state index in [9.17, 15) is 9.59 Å². The highest BCUT2D eigenvalue weighted by Gasteiger charge is 2.22. The topological polar surface area (TPSA) is 78.8 Å². The molecule has 4 aromatic rings. The first-order valence-corrected chi connectivity index (χ1v) is 13.4. The third kappa shape index (κ3) is 6.92. The largest absolute Gasteiger partial charge is 0.497 e. The number of rotatable bonds is 12. The lowest BCUT2D eigenvalue weighted by Crippen LogP contribution is -2.29. The quantitative estimate of drug-likeness (QED) is 0.213. The van der Waals surface area contributed by atoms with Gasteiger partial charge in [-0.2, -0.15) is 0 Å². The van der Waals surface area contributed by atoms with Gasteiger partial charge >= 0.3 is 0 Å². The number of carbonyl (C=O) groups excluding carboxylic acids is 2. The highest BCUT2D eigenvalue weighted by molar-refractivity contribution is 6.30. The summed E-state index contributed by atoms with van der Waals surface area (Å²) in [5.41, 5.74) is 2.68. The summed E-state index contributed by atoms with van der Waals surface area (Å²) in [4.78, 5) is 26.3.